The average molecular weight is 310 g/mol. The van der Waals surface area contributed by atoms with Crippen LogP contribution in [0.4, 0.5) is 10.1 Å². The van der Waals surface area contributed by atoms with E-state index in [-0.39, 0.29) is 10.6 Å². The number of halogens is 3. The minimum atomic E-state index is -0.482. The van der Waals surface area contributed by atoms with Gasteiger partial charge in [0.05, 0.1) is 5.02 Å². The zero-order chi connectivity index (χ0) is 14.5. The summed E-state index contributed by atoms with van der Waals surface area (Å²) in [6.45, 7) is 0. The molecule has 0 spiro atoms. The van der Waals surface area contributed by atoms with Gasteiger partial charge in [-0.05, 0) is 36.4 Å². The molecule has 102 valence electrons. The standard InChI is InChI=1S/C15H10Cl2FNO/c16-10-3-1-4-11(9-10)19-15(20)8-7-12-13(17)5-2-6-14(12)18/h1-9H,(H,19,20)/b8-7+. The van der Waals surface area contributed by atoms with Crippen LogP contribution in [0.1, 0.15) is 5.56 Å². The molecule has 0 fully saturated rings. The third-order valence-corrected chi connectivity index (χ3v) is 3.06. The highest BCUT2D eigenvalue weighted by molar-refractivity contribution is 6.32. The second-order valence-electron chi connectivity index (χ2n) is 3.97. The average Bonchev–Trinajstić information content (AvgIpc) is 2.38. The van der Waals surface area contributed by atoms with Crippen LogP contribution in [0, 0.1) is 5.82 Å². The summed E-state index contributed by atoms with van der Waals surface area (Å²) in [6.07, 6.45) is 2.54. The summed E-state index contributed by atoms with van der Waals surface area (Å²) in [7, 11) is 0. The summed E-state index contributed by atoms with van der Waals surface area (Å²) in [5.41, 5.74) is 0.738. The Bertz CT molecular complexity index is 650. The van der Waals surface area contributed by atoms with Gasteiger partial charge < -0.3 is 5.32 Å². The monoisotopic (exact) mass is 309 g/mol. The first-order chi connectivity index (χ1) is 9.56. The maximum Gasteiger partial charge on any atom is 0.248 e. The predicted octanol–water partition coefficient (Wildman–Crippen LogP) is 4.78. The Balaban J connectivity index is 2.10. The molecule has 0 saturated carbocycles. The summed E-state index contributed by atoms with van der Waals surface area (Å²) in [6, 6.07) is 11.1. The van der Waals surface area contributed by atoms with Crippen molar-refractivity contribution in [2.75, 3.05) is 5.32 Å². The van der Waals surface area contributed by atoms with E-state index < -0.39 is 11.7 Å². The van der Waals surface area contributed by atoms with E-state index in [0.717, 1.165) is 0 Å². The normalized spacial score (nSPS) is 10.8. The van der Waals surface area contributed by atoms with Crippen molar-refractivity contribution in [3.05, 3.63) is 70.0 Å². The highest BCUT2D eigenvalue weighted by Crippen LogP contribution is 2.20. The molecule has 2 aromatic carbocycles. The Morgan fingerprint density at radius 1 is 1.15 bits per heavy atom. The lowest BCUT2D eigenvalue weighted by atomic mass is 10.2. The quantitative estimate of drug-likeness (QED) is 0.812. The molecule has 0 saturated heterocycles. The van der Waals surface area contributed by atoms with Crippen LogP contribution in [0.2, 0.25) is 10.0 Å². The third kappa shape index (κ3) is 3.83. The van der Waals surface area contributed by atoms with Gasteiger partial charge in [0.1, 0.15) is 5.82 Å². The van der Waals surface area contributed by atoms with Gasteiger partial charge in [0.25, 0.3) is 0 Å². The number of hydrogen-bond acceptors (Lipinski definition) is 1. The van der Waals surface area contributed by atoms with Gasteiger partial charge in [-0.2, -0.15) is 0 Å². The molecule has 0 radical (unpaired) electrons. The number of carbonyl (C=O) groups is 1. The minimum absolute atomic E-state index is 0.176. The number of anilines is 1. The topological polar surface area (TPSA) is 29.1 Å². The van der Waals surface area contributed by atoms with Crippen molar-refractivity contribution in [1.82, 2.24) is 0 Å². The molecule has 1 amide bonds. The molecule has 0 aromatic heterocycles. The zero-order valence-corrected chi connectivity index (χ0v) is 11.8. The summed E-state index contributed by atoms with van der Waals surface area (Å²) in [5.74, 6) is -0.879. The van der Waals surface area contributed by atoms with E-state index in [0.29, 0.717) is 10.7 Å². The second kappa shape index (κ2) is 6.55. The molecule has 2 aromatic rings. The summed E-state index contributed by atoms with van der Waals surface area (Å²) >= 11 is 11.7. The number of benzene rings is 2. The van der Waals surface area contributed by atoms with Crippen LogP contribution >= 0.6 is 23.2 Å². The fraction of sp³-hybridized carbons (Fsp3) is 0. The van der Waals surface area contributed by atoms with Gasteiger partial charge >= 0.3 is 0 Å². The van der Waals surface area contributed by atoms with E-state index in [9.17, 15) is 9.18 Å². The van der Waals surface area contributed by atoms with Crippen LogP contribution in [0.3, 0.4) is 0 Å². The van der Waals surface area contributed by atoms with Crippen LogP contribution in [0.5, 0.6) is 0 Å². The fourth-order valence-corrected chi connectivity index (χ4v) is 2.00. The van der Waals surface area contributed by atoms with E-state index in [1.165, 1.54) is 24.3 Å². The third-order valence-electron chi connectivity index (χ3n) is 2.49. The predicted molar refractivity (Wildman–Crippen MR) is 80.5 cm³/mol. The van der Waals surface area contributed by atoms with Crippen LogP contribution < -0.4 is 5.32 Å². The molecule has 2 rings (SSSR count). The van der Waals surface area contributed by atoms with E-state index in [2.05, 4.69) is 5.32 Å². The Morgan fingerprint density at radius 3 is 2.60 bits per heavy atom. The number of carbonyl (C=O) groups excluding carboxylic acids is 1. The maximum atomic E-state index is 13.5. The first kappa shape index (κ1) is 14.6. The van der Waals surface area contributed by atoms with Crippen molar-refractivity contribution in [2.45, 2.75) is 0 Å². The molecule has 0 aliphatic heterocycles. The van der Waals surface area contributed by atoms with Crippen LogP contribution in [-0.2, 0) is 4.79 Å². The highest BCUT2D eigenvalue weighted by atomic mass is 35.5. The van der Waals surface area contributed by atoms with Crippen LogP contribution in [-0.4, -0.2) is 5.91 Å². The Morgan fingerprint density at radius 2 is 1.90 bits per heavy atom. The van der Waals surface area contributed by atoms with E-state index >= 15 is 0 Å². The molecule has 2 nitrogen and oxygen atoms in total. The molecular formula is C15H10Cl2FNO. The zero-order valence-electron chi connectivity index (χ0n) is 10.2. The SMILES string of the molecule is O=C(/C=C/c1c(F)cccc1Cl)Nc1cccc(Cl)c1. The lowest BCUT2D eigenvalue weighted by molar-refractivity contribution is -0.111. The molecule has 1 N–H and O–H groups in total. The molecule has 0 aliphatic rings. The Labute approximate surface area is 125 Å². The van der Waals surface area contributed by atoms with Crippen molar-refractivity contribution < 1.29 is 9.18 Å². The minimum Gasteiger partial charge on any atom is -0.322 e. The lowest BCUT2D eigenvalue weighted by Gasteiger charge is -2.03. The number of rotatable bonds is 3. The van der Waals surface area contributed by atoms with Gasteiger partial charge in [-0.25, -0.2) is 4.39 Å². The molecule has 5 heteroatoms. The van der Waals surface area contributed by atoms with Crippen molar-refractivity contribution in [1.29, 1.82) is 0 Å². The number of nitrogens with one attached hydrogen (secondary N) is 1. The molecule has 0 atom stereocenters. The van der Waals surface area contributed by atoms with Gasteiger partial charge in [0, 0.05) is 22.3 Å². The molecule has 0 bridgehead atoms. The molecule has 0 unspecified atom stereocenters. The van der Waals surface area contributed by atoms with Gasteiger partial charge in [-0.3, -0.25) is 4.79 Å². The van der Waals surface area contributed by atoms with Crippen LogP contribution in [0.25, 0.3) is 6.08 Å². The smallest absolute Gasteiger partial charge is 0.248 e. The van der Waals surface area contributed by atoms with E-state index in [1.54, 1.807) is 30.3 Å². The lowest BCUT2D eigenvalue weighted by Crippen LogP contribution is -2.07. The van der Waals surface area contributed by atoms with E-state index in [4.69, 9.17) is 23.2 Å². The fourth-order valence-electron chi connectivity index (χ4n) is 1.58. The summed E-state index contributed by atoms with van der Waals surface area (Å²) in [4.78, 5) is 11.7. The van der Waals surface area contributed by atoms with Crippen LogP contribution in [0.15, 0.2) is 48.5 Å². The van der Waals surface area contributed by atoms with Gasteiger partial charge in [-0.15, -0.1) is 0 Å². The van der Waals surface area contributed by atoms with Crippen molar-refractivity contribution in [3.63, 3.8) is 0 Å². The molecule has 0 heterocycles. The van der Waals surface area contributed by atoms with Gasteiger partial charge in [0.2, 0.25) is 5.91 Å². The molecule has 0 aliphatic carbocycles. The van der Waals surface area contributed by atoms with Gasteiger partial charge in [-0.1, -0.05) is 35.3 Å². The first-order valence-electron chi connectivity index (χ1n) is 5.75. The Kier molecular flexibility index (Phi) is 4.77. The summed E-state index contributed by atoms with van der Waals surface area (Å²) in [5, 5.41) is 3.38. The van der Waals surface area contributed by atoms with Crippen molar-refractivity contribution >= 4 is 40.9 Å². The largest absolute Gasteiger partial charge is 0.322 e. The summed E-state index contributed by atoms with van der Waals surface area (Å²) < 4.78 is 13.5. The van der Waals surface area contributed by atoms with Gasteiger partial charge in [0.15, 0.2) is 0 Å². The van der Waals surface area contributed by atoms with Crippen molar-refractivity contribution in [2.24, 2.45) is 0 Å². The molecule has 20 heavy (non-hydrogen) atoms. The number of hydrogen-bond donors (Lipinski definition) is 1. The maximum absolute atomic E-state index is 13.5. The Hall–Kier alpha value is -1.84. The number of amides is 1. The van der Waals surface area contributed by atoms with E-state index in [1.807, 2.05) is 0 Å². The second-order valence-corrected chi connectivity index (χ2v) is 4.81. The van der Waals surface area contributed by atoms with Crippen molar-refractivity contribution in [3.8, 4) is 0 Å². The first-order valence-corrected chi connectivity index (χ1v) is 6.50. The highest BCUT2D eigenvalue weighted by Gasteiger charge is 2.04. The molecular weight excluding hydrogens is 300 g/mol.